The van der Waals surface area contributed by atoms with Crippen LogP contribution in [0, 0.1) is 0 Å². The van der Waals surface area contributed by atoms with Gasteiger partial charge in [-0.05, 0) is 20.8 Å². The Balaban J connectivity index is 2.92. The number of carbonyl (C=O) groups is 2. The Morgan fingerprint density at radius 1 is 1.11 bits per heavy atom. The molecular weight excluding hydrogens is 232 g/mol. The number of esters is 2. The summed E-state index contributed by atoms with van der Waals surface area (Å²) in [6.45, 7) is 6.56. The van der Waals surface area contributed by atoms with Crippen LogP contribution in [0.3, 0.4) is 0 Å². The van der Waals surface area contributed by atoms with Crippen LogP contribution in [-0.4, -0.2) is 17.5 Å². The fourth-order valence-corrected chi connectivity index (χ4v) is 1.40. The molecule has 1 aromatic carbocycles. The van der Waals surface area contributed by atoms with Crippen molar-refractivity contribution in [3.05, 3.63) is 35.9 Å². The van der Waals surface area contributed by atoms with E-state index in [4.69, 9.17) is 9.47 Å². The summed E-state index contributed by atoms with van der Waals surface area (Å²) in [4.78, 5) is 23.1. The molecule has 0 aliphatic heterocycles. The first-order chi connectivity index (χ1) is 8.29. The SMILES string of the molecule is CC(=O)O[C@H](C(=O)OC(C)(C)C)c1ccccc1. The van der Waals surface area contributed by atoms with Crippen molar-refractivity contribution in [3.63, 3.8) is 0 Å². The van der Waals surface area contributed by atoms with E-state index in [-0.39, 0.29) is 0 Å². The zero-order chi connectivity index (χ0) is 13.8. The van der Waals surface area contributed by atoms with Crippen LogP contribution in [0.2, 0.25) is 0 Å². The molecule has 98 valence electrons. The molecule has 4 heteroatoms. The monoisotopic (exact) mass is 250 g/mol. The van der Waals surface area contributed by atoms with Gasteiger partial charge in [0.05, 0.1) is 0 Å². The van der Waals surface area contributed by atoms with Crippen molar-refractivity contribution in [2.75, 3.05) is 0 Å². The Morgan fingerprint density at radius 3 is 2.11 bits per heavy atom. The summed E-state index contributed by atoms with van der Waals surface area (Å²) in [5, 5.41) is 0. The lowest BCUT2D eigenvalue weighted by atomic mass is 10.1. The second kappa shape index (κ2) is 5.67. The van der Waals surface area contributed by atoms with Crippen molar-refractivity contribution in [2.45, 2.75) is 39.4 Å². The summed E-state index contributed by atoms with van der Waals surface area (Å²) in [5.41, 5.74) is -0.0217. The van der Waals surface area contributed by atoms with Crippen LogP contribution in [0.1, 0.15) is 39.4 Å². The van der Waals surface area contributed by atoms with E-state index in [0.717, 1.165) is 0 Å². The highest BCUT2D eigenvalue weighted by Crippen LogP contribution is 2.22. The molecule has 0 amide bonds. The van der Waals surface area contributed by atoms with E-state index in [0.29, 0.717) is 5.56 Å². The summed E-state index contributed by atoms with van der Waals surface area (Å²) in [6, 6.07) is 8.81. The van der Waals surface area contributed by atoms with Crippen LogP contribution >= 0.6 is 0 Å². The molecule has 0 aliphatic rings. The molecule has 0 bridgehead atoms. The minimum absolute atomic E-state index is 0.519. The highest BCUT2D eigenvalue weighted by atomic mass is 16.6. The van der Waals surface area contributed by atoms with E-state index >= 15 is 0 Å². The Labute approximate surface area is 107 Å². The second-order valence-corrected chi connectivity index (χ2v) is 4.93. The summed E-state index contributed by atoms with van der Waals surface area (Å²) in [5.74, 6) is -1.08. The lowest BCUT2D eigenvalue weighted by molar-refractivity contribution is -0.175. The van der Waals surface area contributed by atoms with Gasteiger partial charge in [-0.3, -0.25) is 4.79 Å². The fourth-order valence-electron chi connectivity index (χ4n) is 1.40. The van der Waals surface area contributed by atoms with E-state index < -0.39 is 23.6 Å². The molecule has 1 atom stereocenters. The summed E-state index contributed by atoms with van der Waals surface area (Å²) < 4.78 is 10.3. The average Bonchev–Trinajstić information content (AvgIpc) is 2.24. The minimum Gasteiger partial charge on any atom is -0.457 e. The van der Waals surface area contributed by atoms with Crippen LogP contribution in [-0.2, 0) is 19.1 Å². The molecule has 0 spiro atoms. The Morgan fingerprint density at radius 2 is 1.67 bits per heavy atom. The zero-order valence-electron chi connectivity index (χ0n) is 11.1. The van der Waals surface area contributed by atoms with E-state index in [9.17, 15) is 9.59 Å². The molecule has 0 unspecified atom stereocenters. The maximum absolute atomic E-state index is 12.0. The van der Waals surface area contributed by atoms with Gasteiger partial charge in [-0.2, -0.15) is 0 Å². The molecule has 18 heavy (non-hydrogen) atoms. The third kappa shape index (κ3) is 4.57. The fraction of sp³-hybridized carbons (Fsp3) is 0.429. The van der Waals surface area contributed by atoms with Crippen molar-refractivity contribution in [2.24, 2.45) is 0 Å². The molecule has 0 saturated heterocycles. The first-order valence-electron chi connectivity index (χ1n) is 5.74. The first-order valence-corrected chi connectivity index (χ1v) is 5.74. The van der Waals surface area contributed by atoms with Gasteiger partial charge in [0.2, 0.25) is 6.10 Å². The smallest absolute Gasteiger partial charge is 0.352 e. The number of benzene rings is 1. The van der Waals surface area contributed by atoms with E-state index in [1.807, 2.05) is 6.07 Å². The highest BCUT2D eigenvalue weighted by Gasteiger charge is 2.28. The van der Waals surface area contributed by atoms with Crippen molar-refractivity contribution in [1.29, 1.82) is 0 Å². The number of rotatable bonds is 3. The van der Waals surface area contributed by atoms with Gasteiger partial charge in [0.15, 0.2) is 0 Å². The molecule has 1 rings (SSSR count). The lowest BCUT2D eigenvalue weighted by Gasteiger charge is -2.23. The maximum atomic E-state index is 12.0. The molecule has 0 aromatic heterocycles. The van der Waals surface area contributed by atoms with Crippen molar-refractivity contribution in [1.82, 2.24) is 0 Å². The van der Waals surface area contributed by atoms with Gasteiger partial charge in [0, 0.05) is 12.5 Å². The predicted molar refractivity (Wildman–Crippen MR) is 66.8 cm³/mol. The summed E-state index contributed by atoms with van der Waals surface area (Å²) >= 11 is 0. The zero-order valence-corrected chi connectivity index (χ0v) is 11.1. The molecular formula is C14H18O4. The molecule has 4 nitrogen and oxygen atoms in total. The van der Waals surface area contributed by atoms with Gasteiger partial charge in [-0.15, -0.1) is 0 Å². The molecule has 1 aromatic rings. The van der Waals surface area contributed by atoms with Gasteiger partial charge in [0.1, 0.15) is 5.60 Å². The number of hydrogen-bond acceptors (Lipinski definition) is 4. The quantitative estimate of drug-likeness (QED) is 0.774. The first kappa shape index (κ1) is 14.2. The number of hydrogen-bond donors (Lipinski definition) is 0. The molecule has 0 saturated carbocycles. The molecule has 0 heterocycles. The maximum Gasteiger partial charge on any atom is 0.352 e. The molecule has 0 aliphatic carbocycles. The van der Waals surface area contributed by atoms with Crippen LogP contribution < -0.4 is 0 Å². The molecule has 0 radical (unpaired) electrons. The largest absolute Gasteiger partial charge is 0.457 e. The van der Waals surface area contributed by atoms with Crippen LogP contribution in [0.15, 0.2) is 30.3 Å². The third-order valence-electron chi connectivity index (χ3n) is 2.01. The Kier molecular flexibility index (Phi) is 4.48. The predicted octanol–water partition coefficient (Wildman–Crippen LogP) is 2.63. The van der Waals surface area contributed by atoms with Crippen LogP contribution in [0.5, 0.6) is 0 Å². The standard InChI is InChI=1S/C14H18O4/c1-10(15)17-12(11-8-6-5-7-9-11)13(16)18-14(2,3)4/h5-9,12H,1-4H3/t12-/m0/s1. The van der Waals surface area contributed by atoms with Gasteiger partial charge in [-0.25, -0.2) is 4.79 Å². The van der Waals surface area contributed by atoms with Crippen molar-refractivity contribution < 1.29 is 19.1 Å². The number of ether oxygens (including phenoxy) is 2. The Hall–Kier alpha value is -1.84. The highest BCUT2D eigenvalue weighted by molar-refractivity contribution is 5.80. The van der Waals surface area contributed by atoms with Crippen LogP contribution in [0.4, 0.5) is 0 Å². The summed E-state index contributed by atoms with van der Waals surface area (Å²) in [6.07, 6.45) is -1.01. The number of carbonyl (C=O) groups excluding carboxylic acids is 2. The topological polar surface area (TPSA) is 52.6 Å². The summed E-state index contributed by atoms with van der Waals surface area (Å²) in [7, 11) is 0. The van der Waals surface area contributed by atoms with E-state index in [1.165, 1.54) is 6.92 Å². The third-order valence-corrected chi connectivity index (χ3v) is 2.01. The van der Waals surface area contributed by atoms with Gasteiger partial charge >= 0.3 is 11.9 Å². The van der Waals surface area contributed by atoms with Gasteiger partial charge < -0.3 is 9.47 Å². The van der Waals surface area contributed by atoms with E-state index in [1.54, 1.807) is 45.0 Å². The molecule has 0 N–H and O–H groups in total. The second-order valence-electron chi connectivity index (χ2n) is 4.93. The van der Waals surface area contributed by atoms with Crippen molar-refractivity contribution in [3.8, 4) is 0 Å². The normalized spacial score (nSPS) is 12.7. The van der Waals surface area contributed by atoms with Gasteiger partial charge in [-0.1, -0.05) is 30.3 Å². The van der Waals surface area contributed by atoms with Crippen LogP contribution in [0.25, 0.3) is 0 Å². The minimum atomic E-state index is -1.01. The van der Waals surface area contributed by atoms with Crippen molar-refractivity contribution >= 4 is 11.9 Å². The van der Waals surface area contributed by atoms with E-state index in [2.05, 4.69) is 0 Å². The lowest BCUT2D eigenvalue weighted by Crippen LogP contribution is -2.29. The average molecular weight is 250 g/mol. The Bertz CT molecular complexity index is 417. The van der Waals surface area contributed by atoms with Gasteiger partial charge in [0.25, 0.3) is 0 Å². The molecule has 0 fully saturated rings.